The standard InChI is InChI=1S/C24H27N3O2S/c1-17-9-11-22(12-10-17)27(19(3)28)24-25-21(16-30-24)14-26-13-18(2)29-23(15-26)20-7-5-4-6-8-20/h4-12,16,18,23H,13-15H2,1-3H3/t18-,23+/m1/s1. The van der Waals surface area contributed by atoms with Crippen molar-refractivity contribution in [2.45, 2.75) is 39.5 Å². The van der Waals surface area contributed by atoms with E-state index in [1.165, 1.54) is 16.9 Å². The predicted molar refractivity (Wildman–Crippen MR) is 121 cm³/mol. The average Bonchev–Trinajstić information content (AvgIpc) is 3.17. The van der Waals surface area contributed by atoms with Gasteiger partial charge in [0.15, 0.2) is 5.13 Å². The Hall–Kier alpha value is -2.54. The molecule has 5 nitrogen and oxygen atoms in total. The predicted octanol–water partition coefficient (Wildman–Crippen LogP) is 5.10. The van der Waals surface area contributed by atoms with E-state index >= 15 is 0 Å². The summed E-state index contributed by atoms with van der Waals surface area (Å²) in [6, 6.07) is 18.3. The van der Waals surface area contributed by atoms with Crippen molar-refractivity contribution in [3.05, 3.63) is 76.8 Å². The molecule has 1 aliphatic heterocycles. The number of aromatic nitrogens is 1. The molecule has 1 aliphatic rings. The number of carbonyl (C=O) groups excluding carboxylic acids is 1. The topological polar surface area (TPSA) is 45.7 Å². The van der Waals surface area contributed by atoms with Crippen molar-refractivity contribution in [1.82, 2.24) is 9.88 Å². The lowest BCUT2D eigenvalue weighted by molar-refractivity contribution is -0.115. The van der Waals surface area contributed by atoms with Crippen LogP contribution >= 0.6 is 11.3 Å². The van der Waals surface area contributed by atoms with Crippen molar-refractivity contribution in [3.63, 3.8) is 0 Å². The Balaban J connectivity index is 1.49. The van der Waals surface area contributed by atoms with Gasteiger partial charge in [-0.05, 0) is 31.5 Å². The van der Waals surface area contributed by atoms with E-state index in [0.717, 1.165) is 36.6 Å². The Morgan fingerprint density at radius 1 is 1.17 bits per heavy atom. The molecular weight excluding hydrogens is 394 g/mol. The van der Waals surface area contributed by atoms with E-state index < -0.39 is 0 Å². The number of carbonyl (C=O) groups is 1. The molecule has 1 fully saturated rings. The number of aryl methyl sites for hydroxylation is 1. The molecule has 0 radical (unpaired) electrons. The van der Waals surface area contributed by atoms with E-state index in [4.69, 9.17) is 9.72 Å². The lowest BCUT2D eigenvalue weighted by Gasteiger charge is -2.36. The van der Waals surface area contributed by atoms with Gasteiger partial charge in [-0.3, -0.25) is 14.6 Å². The largest absolute Gasteiger partial charge is 0.368 e. The summed E-state index contributed by atoms with van der Waals surface area (Å²) in [5, 5.41) is 2.76. The van der Waals surface area contributed by atoms with E-state index in [-0.39, 0.29) is 18.1 Å². The van der Waals surface area contributed by atoms with Crippen molar-refractivity contribution < 1.29 is 9.53 Å². The molecule has 156 valence electrons. The first kappa shape index (κ1) is 20.7. The molecule has 1 saturated heterocycles. The second-order valence-electron chi connectivity index (χ2n) is 7.85. The van der Waals surface area contributed by atoms with Crippen molar-refractivity contribution >= 4 is 28.1 Å². The highest BCUT2D eigenvalue weighted by molar-refractivity contribution is 7.14. The van der Waals surface area contributed by atoms with Crippen LogP contribution in [0.2, 0.25) is 0 Å². The first-order valence-electron chi connectivity index (χ1n) is 10.2. The molecule has 4 rings (SSSR count). The summed E-state index contributed by atoms with van der Waals surface area (Å²) >= 11 is 1.51. The van der Waals surface area contributed by atoms with Crippen LogP contribution in [0.4, 0.5) is 10.8 Å². The van der Waals surface area contributed by atoms with Gasteiger partial charge in [-0.15, -0.1) is 11.3 Å². The zero-order valence-electron chi connectivity index (χ0n) is 17.6. The Bertz CT molecular complexity index is 987. The molecule has 30 heavy (non-hydrogen) atoms. The molecule has 0 unspecified atom stereocenters. The molecule has 0 N–H and O–H groups in total. The molecule has 1 aromatic heterocycles. The summed E-state index contributed by atoms with van der Waals surface area (Å²) in [5.74, 6) is -0.0381. The molecule has 2 heterocycles. The number of hydrogen-bond acceptors (Lipinski definition) is 5. The normalized spacial score (nSPS) is 19.6. The fourth-order valence-electron chi connectivity index (χ4n) is 3.84. The highest BCUT2D eigenvalue weighted by atomic mass is 32.1. The molecule has 0 aliphatic carbocycles. The second-order valence-corrected chi connectivity index (χ2v) is 8.69. The zero-order valence-corrected chi connectivity index (χ0v) is 18.4. The third-order valence-electron chi connectivity index (χ3n) is 5.23. The molecule has 3 aromatic rings. The van der Waals surface area contributed by atoms with Gasteiger partial charge >= 0.3 is 0 Å². The Labute approximate surface area is 181 Å². The van der Waals surface area contributed by atoms with Crippen LogP contribution in [-0.4, -0.2) is 35.0 Å². The van der Waals surface area contributed by atoms with E-state index in [1.54, 1.807) is 11.8 Å². The minimum absolute atomic E-state index is 0.0381. The van der Waals surface area contributed by atoms with E-state index in [9.17, 15) is 4.79 Å². The van der Waals surface area contributed by atoms with Crippen molar-refractivity contribution in [2.24, 2.45) is 0 Å². The quantitative estimate of drug-likeness (QED) is 0.575. The summed E-state index contributed by atoms with van der Waals surface area (Å²) in [4.78, 5) is 21.2. The van der Waals surface area contributed by atoms with Gasteiger partial charge in [0.2, 0.25) is 5.91 Å². The Morgan fingerprint density at radius 3 is 2.60 bits per heavy atom. The van der Waals surface area contributed by atoms with Gasteiger partial charge in [-0.2, -0.15) is 0 Å². The minimum atomic E-state index is -0.0381. The number of nitrogens with zero attached hydrogens (tertiary/aromatic N) is 3. The van der Waals surface area contributed by atoms with Gasteiger partial charge in [0.1, 0.15) is 0 Å². The number of ether oxygens (including phenoxy) is 1. The second kappa shape index (κ2) is 9.08. The molecule has 0 saturated carbocycles. The zero-order chi connectivity index (χ0) is 21.1. The average molecular weight is 422 g/mol. The molecular formula is C24H27N3O2S. The van der Waals surface area contributed by atoms with E-state index in [2.05, 4.69) is 41.5 Å². The highest BCUT2D eigenvalue weighted by Crippen LogP contribution is 2.31. The fourth-order valence-corrected chi connectivity index (χ4v) is 4.72. The first-order valence-corrected chi connectivity index (χ1v) is 11.1. The molecule has 2 atom stereocenters. The number of morpholine rings is 1. The maximum absolute atomic E-state index is 12.3. The van der Waals surface area contributed by atoms with Gasteiger partial charge in [0, 0.05) is 31.9 Å². The lowest BCUT2D eigenvalue weighted by Crippen LogP contribution is -2.42. The number of rotatable bonds is 5. The van der Waals surface area contributed by atoms with Gasteiger partial charge < -0.3 is 4.74 Å². The summed E-state index contributed by atoms with van der Waals surface area (Å²) in [7, 11) is 0. The number of thiazole rings is 1. The van der Waals surface area contributed by atoms with Crippen molar-refractivity contribution in [3.8, 4) is 0 Å². The Kier molecular flexibility index (Phi) is 6.27. The van der Waals surface area contributed by atoms with E-state index in [1.807, 2.05) is 37.3 Å². The monoisotopic (exact) mass is 421 g/mol. The van der Waals surface area contributed by atoms with Crippen LogP contribution in [0.3, 0.4) is 0 Å². The van der Waals surface area contributed by atoms with Gasteiger partial charge in [-0.25, -0.2) is 4.98 Å². The minimum Gasteiger partial charge on any atom is -0.368 e. The number of hydrogen-bond donors (Lipinski definition) is 0. The number of amides is 1. The maximum atomic E-state index is 12.3. The van der Waals surface area contributed by atoms with Crippen LogP contribution in [0.25, 0.3) is 0 Å². The number of benzene rings is 2. The van der Waals surface area contributed by atoms with Crippen molar-refractivity contribution in [1.29, 1.82) is 0 Å². The molecule has 0 bridgehead atoms. The summed E-state index contributed by atoms with van der Waals surface area (Å²) in [6.45, 7) is 8.17. The van der Waals surface area contributed by atoms with Crippen LogP contribution in [-0.2, 0) is 16.1 Å². The SMILES string of the molecule is CC(=O)N(c1ccc(C)cc1)c1nc(CN2C[C@@H](C)O[C@H](c3ccccc3)C2)cs1. The summed E-state index contributed by atoms with van der Waals surface area (Å²) in [5.41, 5.74) is 4.19. The molecule has 2 aromatic carbocycles. The number of anilines is 2. The van der Waals surface area contributed by atoms with Crippen LogP contribution < -0.4 is 4.90 Å². The molecule has 0 spiro atoms. The van der Waals surface area contributed by atoms with Gasteiger partial charge in [0.05, 0.1) is 23.6 Å². The molecule has 1 amide bonds. The Morgan fingerprint density at radius 2 is 1.90 bits per heavy atom. The summed E-state index contributed by atoms with van der Waals surface area (Å²) < 4.78 is 6.17. The van der Waals surface area contributed by atoms with Crippen LogP contribution in [0, 0.1) is 6.92 Å². The van der Waals surface area contributed by atoms with Crippen LogP contribution in [0.15, 0.2) is 60.0 Å². The lowest BCUT2D eigenvalue weighted by atomic mass is 10.1. The third kappa shape index (κ3) is 4.78. The fraction of sp³-hybridized carbons (Fsp3) is 0.333. The van der Waals surface area contributed by atoms with Crippen molar-refractivity contribution in [2.75, 3.05) is 18.0 Å². The third-order valence-corrected chi connectivity index (χ3v) is 6.11. The summed E-state index contributed by atoms with van der Waals surface area (Å²) in [6.07, 6.45) is 0.220. The van der Waals surface area contributed by atoms with Crippen LogP contribution in [0.1, 0.15) is 36.8 Å². The van der Waals surface area contributed by atoms with E-state index in [0.29, 0.717) is 5.13 Å². The first-order chi connectivity index (χ1) is 14.5. The van der Waals surface area contributed by atoms with Crippen LogP contribution in [0.5, 0.6) is 0 Å². The smallest absolute Gasteiger partial charge is 0.230 e. The molecule has 6 heteroatoms. The maximum Gasteiger partial charge on any atom is 0.230 e. The van der Waals surface area contributed by atoms with Gasteiger partial charge in [0.25, 0.3) is 0 Å². The van der Waals surface area contributed by atoms with Gasteiger partial charge in [-0.1, -0.05) is 48.0 Å². The highest BCUT2D eigenvalue weighted by Gasteiger charge is 2.27.